The summed E-state index contributed by atoms with van der Waals surface area (Å²) in [6.45, 7) is 1.06. The molecule has 5 heteroatoms. The Morgan fingerprint density at radius 3 is 2.45 bits per heavy atom. The van der Waals surface area contributed by atoms with Crippen LogP contribution in [0, 0.1) is 0 Å². The van der Waals surface area contributed by atoms with E-state index in [0.29, 0.717) is 18.8 Å². The van der Waals surface area contributed by atoms with E-state index in [2.05, 4.69) is 21.1 Å². The predicted molar refractivity (Wildman–Crippen MR) is 81.6 cm³/mol. The molecule has 0 aliphatic carbocycles. The molecule has 0 saturated carbocycles. The zero-order chi connectivity index (χ0) is 14.4. The summed E-state index contributed by atoms with van der Waals surface area (Å²) in [7, 11) is 0. The lowest BCUT2D eigenvalue weighted by Crippen LogP contribution is -2.12. The molecule has 0 spiro atoms. The smallest absolute Gasteiger partial charge is 0.170 e. The molecule has 20 heavy (non-hydrogen) atoms. The average Bonchev–Trinajstić information content (AvgIpc) is 2.49. The van der Waals surface area contributed by atoms with Crippen LogP contribution in [0.25, 0.3) is 0 Å². The molecule has 2 rings (SSSR count). The van der Waals surface area contributed by atoms with E-state index in [1.165, 1.54) is 0 Å². The maximum atomic E-state index is 8.58. The van der Waals surface area contributed by atoms with E-state index < -0.39 is 0 Å². The van der Waals surface area contributed by atoms with Gasteiger partial charge >= 0.3 is 0 Å². The van der Waals surface area contributed by atoms with Crippen LogP contribution in [0.5, 0.6) is 0 Å². The second kappa shape index (κ2) is 7.07. The number of halogens is 1. The number of amidine groups is 1. The number of nitrogens with two attached hydrogens (primary N) is 1. The van der Waals surface area contributed by atoms with Gasteiger partial charge in [-0.3, -0.25) is 0 Å². The fraction of sp³-hybridized carbons (Fsp3) is 0.133. The summed E-state index contributed by atoms with van der Waals surface area (Å²) in [5.74, 6) is 0.102. The minimum absolute atomic E-state index is 0.102. The second-order valence-electron chi connectivity index (χ2n) is 4.27. The van der Waals surface area contributed by atoms with Crippen molar-refractivity contribution in [2.24, 2.45) is 10.9 Å². The first-order chi connectivity index (χ1) is 9.70. The number of oxime groups is 1. The molecule has 0 aromatic heterocycles. The van der Waals surface area contributed by atoms with Crippen molar-refractivity contribution >= 4 is 21.8 Å². The molecule has 0 saturated heterocycles. The van der Waals surface area contributed by atoms with E-state index in [4.69, 9.17) is 15.7 Å². The van der Waals surface area contributed by atoms with Crippen molar-refractivity contribution in [1.82, 2.24) is 0 Å². The highest BCUT2D eigenvalue weighted by molar-refractivity contribution is 9.10. The third-order valence-corrected chi connectivity index (χ3v) is 3.62. The van der Waals surface area contributed by atoms with Gasteiger partial charge in [0.15, 0.2) is 5.84 Å². The Balaban J connectivity index is 1.90. The highest BCUT2D eigenvalue weighted by atomic mass is 79.9. The van der Waals surface area contributed by atoms with Gasteiger partial charge in [0, 0.05) is 10.0 Å². The molecule has 2 aromatic rings. The minimum atomic E-state index is 0.102. The van der Waals surface area contributed by atoms with Crippen molar-refractivity contribution < 1.29 is 9.94 Å². The van der Waals surface area contributed by atoms with Crippen LogP contribution < -0.4 is 5.73 Å². The van der Waals surface area contributed by atoms with E-state index in [1.807, 2.05) is 36.4 Å². The molecule has 4 nitrogen and oxygen atoms in total. The molecule has 0 amide bonds. The van der Waals surface area contributed by atoms with Gasteiger partial charge in [-0.2, -0.15) is 0 Å². The largest absolute Gasteiger partial charge is 0.409 e. The Labute approximate surface area is 126 Å². The monoisotopic (exact) mass is 334 g/mol. The first kappa shape index (κ1) is 14.6. The lowest BCUT2D eigenvalue weighted by molar-refractivity contribution is 0.107. The van der Waals surface area contributed by atoms with Crippen molar-refractivity contribution in [3.05, 3.63) is 69.7 Å². The fourth-order valence-electron chi connectivity index (χ4n) is 1.72. The van der Waals surface area contributed by atoms with Crippen LogP contribution in [0.4, 0.5) is 0 Å². The number of rotatable bonds is 5. The lowest BCUT2D eigenvalue weighted by Gasteiger charge is -2.07. The molecular weight excluding hydrogens is 320 g/mol. The van der Waals surface area contributed by atoms with Gasteiger partial charge < -0.3 is 15.7 Å². The molecular formula is C15H15BrN2O2. The van der Waals surface area contributed by atoms with E-state index in [-0.39, 0.29) is 5.84 Å². The first-order valence-electron chi connectivity index (χ1n) is 6.08. The van der Waals surface area contributed by atoms with Crippen LogP contribution in [0.15, 0.2) is 58.2 Å². The third-order valence-electron chi connectivity index (χ3n) is 2.84. The summed E-state index contributed by atoms with van der Waals surface area (Å²) in [4.78, 5) is 0. The van der Waals surface area contributed by atoms with Crippen LogP contribution in [0.2, 0.25) is 0 Å². The summed E-state index contributed by atoms with van der Waals surface area (Å²) >= 11 is 3.49. The van der Waals surface area contributed by atoms with Gasteiger partial charge in [0.1, 0.15) is 0 Å². The fourth-order valence-corrected chi connectivity index (χ4v) is 2.12. The normalized spacial score (nSPS) is 11.6. The van der Waals surface area contributed by atoms with Crippen molar-refractivity contribution in [1.29, 1.82) is 0 Å². The van der Waals surface area contributed by atoms with Crippen molar-refractivity contribution in [2.45, 2.75) is 13.2 Å². The molecule has 0 radical (unpaired) electrons. The summed E-state index contributed by atoms with van der Waals surface area (Å²) in [5.41, 5.74) is 8.33. The van der Waals surface area contributed by atoms with Gasteiger partial charge in [-0.05, 0) is 17.2 Å². The second-order valence-corrected chi connectivity index (χ2v) is 5.12. The van der Waals surface area contributed by atoms with Crippen LogP contribution in [0.3, 0.4) is 0 Å². The Kier molecular flexibility index (Phi) is 5.15. The van der Waals surface area contributed by atoms with E-state index in [9.17, 15) is 0 Å². The first-order valence-corrected chi connectivity index (χ1v) is 6.88. The number of ether oxygens (including phenoxy) is 1. The molecule has 0 heterocycles. The van der Waals surface area contributed by atoms with E-state index in [1.54, 1.807) is 12.1 Å². The molecule has 0 atom stereocenters. The van der Waals surface area contributed by atoms with Gasteiger partial charge in [-0.1, -0.05) is 63.6 Å². The SMILES string of the molecule is N/C(=N/O)c1ccc(COCc2ccccc2Br)cc1. The van der Waals surface area contributed by atoms with Crippen LogP contribution in [-0.4, -0.2) is 11.0 Å². The molecule has 0 aliphatic heterocycles. The number of benzene rings is 2. The molecule has 2 aromatic carbocycles. The molecule has 0 aliphatic rings. The summed E-state index contributed by atoms with van der Waals surface area (Å²) in [6, 6.07) is 15.4. The topological polar surface area (TPSA) is 67.8 Å². The van der Waals surface area contributed by atoms with Crippen LogP contribution in [0.1, 0.15) is 16.7 Å². The van der Waals surface area contributed by atoms with Crippen molar-refractivity contribution in [3.63, 3.8) is 0 Å². The number of hydrogen-bond acceptors (Lipinski definition) is 3. The van der Waals surface area contributed by atoms with Crippen molar-refractivity contribution in [2.75, 3.05) is 0 Å². The molecule has 104 valence electrons. The van der Waals surface area contributed by atoms with Gasteiger partial charge in [-0.25, -0.2) is 0 Å². The van der Waals surface area contributed by atoms with E-state index >= 15 is 0 Å². The average molecular weight is 335 g/mol. The zero-order valence-electron chi connectivity index (χ0n) is 10.8. The van der Waals surface area contributed by atoms with Gasteiger partial charge in [0.2, 0.25) is 0 Å². The lowest BCUT2D eigenvalue weighted by atomic mass is 10.1. The zero-order valence-corrected chi connectivity index (χ0v) is 12.4. The Morgan fingerprint density at radius 1 is 1.10 bits per heavy atom. The van der Waals surface area contributed by atoms with Gasteiger partial charge in [-0.15, -0.1) is 0 Å². The highest BCUT2D eigenvalue weighted by Crippen LogP contribution is 2.17. The van der Waals surface area contributed by atoms with Gasteiger partial charge in [0.05, 0.1) is 13.2 Å². The van der Waals surface area contributed by atoms with E-state index in [0.717, 1.165) is 15.6 Å². The molecule has 3 N–H and O–H groups in total. The highest BCUT2D eigenvalue weighted by Gasteiger charge is 2.01. The summed E-state index contributed by atoms with van der Waals surface area (Å²) in [6.07, 6.45) is 0. The Bertz CT molecular complexity index is 597. The molecule has 0 fully saturated rings. The summed E-state index contributed by atoms with van der Waals surface area (Å²) < 4.78 is 6.72. The third kappa shape index (κ3) is 3.82. The van der Waals surface area contributed by atoms with Crippen LogP contribution in [-0.2, 0) is 18.0 Å². The molecule has 0 bridgehead atoms. The number of nitrogens with zero attached hydrogens (tertiary/aromatic N) is 1. The predicted octanol–water partition coefficient (Wildman–Crippen LogP) is 3.26. The van der Waals surface area contributed by atoms with Gasteiger partial charge in [0.25, 0.3) is 0 Å². The Morgan fingerprint density at radius 2 is 1.80 bits per heavy atom. The minimum Gasteiger partial charge on any atom is -0.409 e. The molecule has 0 unspecified atom stereocenters. The number of hydrogen-bond donors (Lipinski definition) is 2. The Hall–Kier alpha value is -1.85. The maximum absolute atomic E-state index is 8.58. The standard InChI is InChI=1S/C15H15BrN2O2/c16-14-4-2-1-3-13(14)10-20-9-11-5-7-12(8-6-11)15(17)18-19/h1-8,19H,9-10H2,(H2,17,18). The van der Waals surface area contributed by atoms with Crippen molar-refractivity contribution in [3.8, 4) is 0 Å². The summed E-state index contributed by atoms with van der Waals surface area (Å²) in [5, 5.41) is 11.5. The maximum Gasteiger partial charge on any atom is 0.170 e. The quantitative estimate of drug-likeness (QED) is 0.381. The van der Waals surface area contributed by atoms with Crippen LogP contribution >= 0.6 is 15.9 Å².